The third kappa shape index (κ3) is 34.6. The van der Waals surface area contributed by atoms with E-state index in [9.17, 15) is 38.4 Å². The molecular formula is C42H72N6O16. The van der Waals surface area contributed by atoms with Gasteiger partial charge in [0.15, 0.2) is 0 Å². The molecule has 0 aliphatic heterocycles. The van der Waals surface area contributed by atoms with Crippen LogP contribution in [0.4, 0.5) is 0 Å². The van der Waals surface area contributed by atoms with E-state index < -0.39 is 82.8 Å². The maximum absolute atomic E-state index is 12.3. The van der Waals surface area contributed by atoms with Gasteiger partial charge in [-0.2, -0.15) is 0 Å². The summed E-state index contributed by atoms with van der Waals surface area (Å²) in [5.41, 5.74) is -1.38. The highest BCUT2D eigenvalue weighted by Crippen LogP contribution is 2.09. The Hall–Kier alpha value is -4.92. The molecule has 0 aromatic heterocycles. The maximum Gasteiger partial charge on any atom is 0.328 e. The Morgan fingerprint density at radius 1 is 0.406 bits per heavy atom. The van der Waals surface area contributed by atoms with Gasteiger partial charge in [-0.3, -0.25) is 28.8 Å². The first-order valence-electron chi connectivity index (χ1n) is 21.2. The Morgan fingerprint density at radius 3 is 0.984 bits per heavy atom. The van der Waals surface area contributed by atoms with Gasteiger partial charge in [0.1, 0.15) is 35.4 Å². The fourth-order valence-electron chi connectivity index (χ4n) is 4.42. The molecule has 4 atom stereocenters. The van der Waals surface area contributed by atoms with Crippen molar-refractivity contribution in [2.45, 2.75) is 117 Å². The molecule has 0 aliphatic rings. The van der Waals surface area contributed by atoms with E-state index in [2.05, 4.69) is 43.7 Å². The molecule has 6 N–H and O–H groups in total. The molecule has 0 spiro atoms. The highest BCUT2D eigenvalue weighted by atomic mass is 16.6. The molecule has 0 radical (unpaired) electrons. The lowest BCUT2D eigenvalue weighted by Crippen LogP contribution is -2.50. The minimum atomic E-state index is -0.871. The molecule has 4 unspecified atom stereocenters. The molecule has 0 fully saturated rings. The lowest BCUT2D eigenvalue weighted by molar-refractivity contribution is -0.158. The summed E-state index contributed by atoms with van der Waals surface area (Å²) >= 11 is 0. The number of amides is 6. The molecule has 22 nitrogen and oxygen atoms in total. The van der Waals surface area contributed by atoms with Crippen LogP contribution in [0.5, 0.6) is 0 Å². The van der Waals surface area contributed by atoms with Gasteiger partial charge in [0.05, 0.1) is 79.3 Å². The van der Waals surface area contributed by atoms with Crippen LogP contribution >= 0.6 is 0 Å². The molecule has 0 rings (SSSR count). The third-order valence-electron chi connectivity index (χ3n) is 7.57. The highest BCUT2D eigenvalue weighted by molar-refractivity contribution is 6.02. The number of ether oxygens (including phenoxy) is 8. The van der Waals surface area contributed by atoms with E-state index in [0.717, 1.165) is 0 Å². The van der Waals surface area contributed by atoms with E-state index in [4.69, 9.17) is 37.9 Å². The number of hydrogen-bond acceptors (Lipinski definition) is 16. The zero-order valence-electron chi connectivity index (χ0n) is 39.2. The first kappa shape index (κ1) is 59.1. The van der Waals surface area contributed by atoms with Crippen LogP contribution in [0.15, 0.2) is 0 Å². The van der Waals surface area contributed by atoms with Gasteiger partial charge in [0.2, 0.25) is 23.6 Å². The zero-order valence-corrected chi connectivity index (χ0v) is 39.2. The van der Waals surface area contributed by atoms with Crippen molar-refractivity contribution in [2.24, 2.45) is 0 Å². The molecule has 0 bridgehead atoms. The SMILES string of the molecule is CC(NC(=O)CCOCCOCCOCCNC(=O)C#CC(=O)NCCOCCOCCOCCC(=O)NC(C)C(=O)NC(C)C(=O)OC(C)(C)C)C(=O)NC(C)C(=O)OC(C)(C)C. The van der Waals surface area contributed by atoms with Crippen LogP contribution in [0.2, 0.25) is 0 Å². The summed E-state index contributed by atoms with van der Waals surface area (Å²) < 4.78 is 42.7. The van der Waals surface area contributed by atoms with Gasteiger partial charge in [-0.15, -0.1) is 0 Å². The minimum absolute atomic E-state index is 0.0260. The van der Waals surface area contributed by atoms with Crippen LogP contribution in [0.25, 0.3) is 0 Å². The average molecular weight is 917 g/mol. The van der Waals surface area contributed by atoms with E-state index >= 15 is 0 Å². The topological polar surface area (TPSA) is 283 Å². The largest absolute Gasteiger partial charge is 0.458 e. The number of carbonyl (C=O) groups is 8. The number of rotatable bonds is 32. The van der Waals surface area contributed by atoms with E-state index in [1.54, 1.807) is 41.5 Å². The highest BCUT2D eigenvalue weighted by Gasteiger charge is 2.26. The lowest BCUT2D eigenvalue weighted by Gasteiger charge is -2.23. The summed E-state index contributed by atoms with van der Waals surface area (Å²) in [6, 6.07) is -3.46. The maximum atomic E-state index is 12.3. The van der Waals surface area contributed by atoms with E-state index in [-0.39, 0.29) is 105 Å². The van der Waals surface area contributed by atoms with Crippen molar-refractivity contribution >= 4 is 47.4 Å². The van der Waals surface area contributed by atoms with Crippen LogP contribution in [0, 0.1) is 11.8 Å². The van der Waals surface area contributed by atoms with Crippen LogP contribution in [-0.4, -0.2) is 175 Å². The molecular weight excluding hydrogens is 844 g/mol. The van der Waals surface area contributed by atoms with Crippen molar-refractivity contribution in [2.75, 3.05) is 92.4 Å². The monoisotopic (exact) mass is 917 g/mol. The normalized spacial score (nSPS) is 13.1. The van der Waals surface area contributed by atoms with Gasteiger partial charge in [-0.05, 0) is 69.2 Å². The fraction of sp³-hybridized carbons (Fsp3) is 0.762. The summed E-state index contributed by atoms with van der Waals surface area (Å²) in [6.45, 7) is 19.4. The number of hydrogen-bond donors (Lipinski definition) is 6. The summed E-state index contributed by atoms with van der Waals surface area (Å²) in [5.74, 6) is 0.118. The van der Waals surface area contributed by atoms with Crippen LogP contribution in [0.3, 0.4) is 0 Å². The molecule has 6 amide bonds. The van der Waals surface area contributed by atoms with E-state index in [1.807, 2.05) is 0 Å². The first-order valence-corrected chi connectivity index (χ1v) is 21.2. The summed E-state index contributed by atoms with van der Waals surface area (Å²) in [6.07, 6.45) is 0.0520. The van der Waals surface area contributed by atoms with Crippen molar-refractivity contribution in [1.82, 2.24) is 31.9 Å². The zero-order chi connectivity index (χ0) is 48.6. The van der Waals surface area contributed by atoms with Gasteiger partial charge >= 0.3 is 11.9 Å². The molecule has 0 aromatic rings. The number of esters is 2. The molecule has 22 heteroatoms. The van der Waals surface area contributed by atoms with Crippen molar-refractivity contribution in [3.8, 4) is 11.8 Å². The number of nitrogens with one attached hydrogen (secondary N) is 6. The Balaban J connectivity index is 3.75. The second-order valence-electron chi connectivity index (χ2n) is 16.0. The molecule has 0 heterocycles. The van der Waals surface area contributed by atoms with Gasteiger partial charge in [-0.1, -0.05) is 0 Å². The van der Waals surface area contributed by atoms with Crippen LogP contribution in [0.1, 0.15) is 82.1 Å². The molecule has 0 aliphatic carbocycles. The van der Waals surface area contributed by atoms with Gasteiger partial charge in [0.25, 0.3) is 11.8 Å². The Kier molecular flexibility index (Phi) is 31.0. The lowest BCUT2D eigenvalue weighted by atomic mass is 10.2. The Bertz CT molecular complexity index is 1410. The molecule has 0 saturated carbocycles. The third-order valence-corrected chi connectivity index (χ3v) is 7.57. The van der Waals surface area contributed by atoms with E-state index in [0.29, 0.717) is 0 Å². The van der Waals surface area contributed by atoms with E-state index in [1.165, 1.54) is 27.7 Å². The van der Waals surface area contributed by atoms with Crippen molar-refractivity contribution in [1.29, 1.82) is 0 Å². The average Bonchev–Trinajstić information content (AvgIpc) is 3.19. The molecule has 0 saturated heterocycles. The van der Waals surface area contributed by atoms with Gasteiger partial charge < -0.3 is 69.8 Å². The summed E-state index contributed by atoms with van der Waals surface area (Å²) in [5, 5.41) is 15.1. The smallest absolute Gasteiger partial charge is 0.328 e. The van der Waals surface area contributed by atoms with Gasteiger partial charge in [0, 0.05) is 37.8 Å². The second-order valence-corrected chi connectivity index (χ2v) is 16.0. The molecule has 64 heavy (non-hydrogen) atoms. The number of carbonyl (C=O) groups excluding carboxylic acids is 8. The Labute approximate surface area is 376 Å². The molecule has 366 valence electrons. The van der Waals surface area contributed by atoms with Crippen LogP contribution in [-0.2, 0) is 76.3 Å². The fourth-order valence-corrected chi connectivity index (χ4v) is 4.42. The first-order chi connectivity index (χ1) is 30.0. The standard InChI is InChI=1S/C42H72N6O16/c1-29(37(53)47-31(3)39(55)63-41(5,6)7)45-35(51)13-17-57-21-25-61-27-23-59-19-15-43-33(49)11-12-34(50)44-16-20-60-24-28-62-26-22-58-18-14-36(52)46-30(2)38(54)48-32(4)40(56)64-42(8,9)10/h29-32H,13-28H2,1-10H3,(H,43,49)(H,44,50)(H,45,51)(H,46,52)(H,47,53)(H,48,54). The second kappa shape index (κ2) is 33.6. The Morgan fingerprint density at radius 2 is 0.688 bits per heavy atom. The predicted octanol–water partition coefficient (Wildman–Crippen LogP) is -1.20. The quantitative estimate of drug-likeness (QED) is 0.0263. The summed E-state index contributed by atoms with van der Waals surface area (Å²) in [7, 11) is 0. The summed E-state index contributed by atoms with van der Waals surface area (Å²) in [4.78, 5) is 96.6. The molecule has 0 aromatic carbocycles. The van der Waals surface area contributed by atoms with Gasteiger partial charge in [-0.25, -0.2) is 9.59 Å². The van der Waals surface area contributed by atoms with Crippen molar-refractivity contribution in [3.63, 3.8) is 0 Å². The minimum Gasteiger partial charge on any atom is -0.458 e. The predicted molar refractivity (Wildman–Crippen MR) is 230 cm³/mol. The van der Waals surface area contributed by atoms with Crippen molar-refractivity contribution < 1.29 is 76.3 Å². The van der Waals surface area contributed by atoms with Crippen LogP contribution < -0.4 is 31.9 Å². The van der Waals surface area contributed by atoms with Crippen molar-refractivity contribution in [3.05, 3.63) is 0 Å².